The van der Waals surface area contributed by atoms with Crippen LogP contribution in [0.4, 0.5) is 13.2 Å². The Bertz CT molecular complexity index is 362. The molecular formula is C14H20F3NO. The molecule has 1 aromatic rings. The molecule has 1 aromatic carbocycles. The molecule has 1 atom stereocenters. The number of alkyl halides is 3. The number of ether oxygens (including phenoxy) is 1. The normalized spacial score (nSPS) is 13.3. The zero-order valence-corrected chi connectivity index (χ0v) is 11.3. The first-order chi connectivity index (χ1) is 8.97. The number of rotatable bonds is 7. The number of benzene rings is 1. The van der Waals surface area contributed by atoms with Crippen molar-refractivity contribution in [2.45, 2.75) is 38.5 Å². The lowest BCUT2D eigenvalue weighted by Gasteiger charge is -2.19. The standard InChI is InChI=1S/C14H20F3NO/c1-3-4-12(9-10-18-2)19-13-7-5-11(6-8-13)14(15,16)17/h5-8,12,18H,3-4,9-10H2,1-2H3/t12-/m0/s1. The highest BCUT2D eigenvalue weighted by Gasteiger charge is 2.30. The van der Waals surface area contributed by atoms with Gasteiger partial charge in [0.2, 0.25) is 0 Å². The molecule has 108 valence electrons. The second kappa shape index (κ2) is 7.38. The second-order valence-electron chi connectivity index (χ2n) is 4.44. The van der Waals surface area contributed by atoms with Crippen LogP contribution in [-0.4, -0.2) is 19.7 Å². The Morgan fingerprint density at radius 2 is 1.79 bits per heavy atom. The molecule has 1 N–H and O–H groups in total. The van der Waals surface area contributed by atoms with Crippen molar-refractivity contribution in [3.63, 3.8) is 0 Å². The lowest BCUT2D eigenvalue weighted by atomic mass is 10.1. The third kappa shape index (κ3) is 5.51. The molecular weight excluding hydrogens is 255 g/mol. The molecule has 0 saturated heterocycles. The van der Waals surface area contributed by atoms with E-state index in [0.29, 0.717) is 5.75 Å². The van der Waals surface area contributed by atoms with Crippen LogP contribution in [0, 0.1) is 0 Å². The summed E-state index contributed by atoms with van der Waals surface area (Å²) >= 11 is 0. The molecule has 0 aliphatic carbocycles. The average molecular weight is 275 g/mol. The van der Waals surface area contributed by atoms with Crippen molar-refractivity contribution in [3.8, 4) is 5.75 Å². The van der Waals surface area contributed by atoms with Gasteiger partial charge in [0.15, 0.2) is 0 Å². The molecule has 0 aliphatic heterocycles. The van der Waals surface area contributed by atoms with E-state index in [4.69, 9.17) is 4.74 Å². The van der Waals surface area contributed by atoms with Gasteiger partial charge in [-0.05, 0) is 50.7 Å². The second-order valence-corrected chi connectivity index (χ2v) is 4.44. The molecule has 0 unspecified atom stereocenters. The molecule has 0 fully saturated rings. The summed E-state index contributed by atoms with van der Waals surface area (Å²) in [5, 5.41) is 3.04. The van der Waals surface area contributed by atoms with E-state index >= 15 is 0 Å². The maximum atomic E-state index is 12.4. The van der Waals surface area contributed by atoms with Gasteiger partial charge in [-0.1, -0.05) is 13.3 Å². The molecule has 0 radical (unpaired) electrons. The highest BCUT2D eigenvalue weighted by atomic mass is 19.4. The molecule has 0 spiro atoms. The largest absolute Gasteiger partial charge is 0.490 e. The molecule has 0 amide bonds. The minimum atomic E-state index is -4.30. The molecule has 0 bridgehead atoms. The quantitative estimate of drug-likeness (QED) is 0.815. The highest BCUT2D eigenvalue weighted by Crippen LogP contribution is 2.30. The fourth-order valence-corrected chi connectivity index (χ4v) is 1.80. The summed E-state index contributed by atoms with van der Waals surface area (Å²) in [5.74, 6) is 0.488. The van der Waals surface area contributed by atoms with Crippen molar-refractivity contribution in [1.29, 1.82) is 0 Å². The maximum absolute atomic E-state index is 12.4. The first-order valence-electron chi connectivity index (χ1n) is 6.46. The van der Waals surface area contributed by atoms with Gasteiger partial charge in [-0.3, -0.25) is 0 Å². The third-order valence-electron chi connectivity index (χ3n) is 2.81. The predicted octanol–water partition coefficient (Wildman–Crippen LogP) is 3.86. The Labute approximate surface area is 112 Å². The summed E-state index contributed by atoms with van der Waals surface area (Å²) < 4.78 is 43.0. The molecule has 2 nitrogen and oxygen atoms in total. The van der Waals surface area contributed by atoms with Crippen molar-refractivity contribution in [2.75, 3.05) is 13.6 Å². The van der Waals surface area contributed by atoms with Crippen LogP contribution in [0.5, 0.6) is 5.75 Å². The van der Waals surface area contributed by atoms with Crippen molar-refractivity contribution in [2.24, 2.45) is 0 Å². The zero-order chi connectivity index (χ0) is 14.3. The van der Waals surface area contributed by atoms with Gasteiger partial charge >= 0.3 is 6.18 Å². The third-order valence-corrected chi connectivity index (χ3v) is 2.81. The topological polar surface area (TPSA) is 21.3 Å². The van der Waals surface area contributed by atoms with E-state index < -0.39 is 11.7 Å². The smallest absolute Gasteiger partial charge is 0.416 e. The summed E-state index contributed by atoms with van der Waals surface area (Å²) in [7, 11) is 1.86. The Balaban J connectivity index is 2.64. The van der Waals surface area contributed by atoms with Gasteiger partial charge < -0.3 is 10.1 Å². The predicted molar refractivity (Wildman–Crippen MR) is 69.3 cm³/mol. The molecule has 0 aliphatic rings. The van der Waals surface area contributed by atoms with E-state index in [1.165, 1.54) is 12.1 Å². The summed E-state index contributed by atoms with van der Waals surface area (Å²) in [6.45, 7) is 2.88. The molecule has 0 aromatic heterocycles. The van der Waals surface area contributed by atoms with Crippen molar-refractivity contribution in [3.05, 3.63) is 29.8 Å². The maximum Gasteiger partial charge on any atom is 0.416 e. The van der Waals surface area contributed by atoms with Crippen LogP contribution < -0.4 is 10.1 Å². The fourth-order valence-electron chi connectivity index (χ4n) is 1.80. The monoisotopic (exact) mass is 275 g/mol. The lowest BCUT2D eigenvalue weighted by molar-refractivity contribution is -0.137. The van der Waals surface area contributed by atoms with Gasteiger partial charge in [0.1, 0.15) is 5.75 Å². The van der Waals surface area contributed by atoms with Gasteiger partial charge in [0.25, 0.3) is 0 Å². The highest BCUT2D eigenvalue weighted by molar-refractivity contribution is 5.29. The molecule has 5 heteroatoms. The Kier molecular flexibility index (Phi) is 6.15. The Morgan fingerprint density at radius 3 is 2.26 bits per heavy atom. The van der Waals surface area contributed by atoms with Gasteiger partial charge in [0, 0.05) is 0 Å². The Morgan fingerprint density at radius 1 is 1.16 bits per heavy atom. The summed E-state index contributed by atoms with van der Waals surface area (Å²) in [6.07, 6.45) is -1.55. The van der Waals surface area contributed by atoms with E-state index in [1.54, 1.807) is 0 Å². The van der Waals surface area contributed by atoms with E-state index in [0.717, 1.165) is 37.9 Å². The van der Waals surface area contributed by atoms with Crippen LogP contribution >= 0.6 is 0 Å². The fraction of sp³-hybridized carbons (Fsp3) is 0.571. The number of hydrogen-bond donors (Lipinski definition) is 1. The molecule has 0 heterocycles. The van der Waals surface area contributed by atoms with Gasteiger partial charge in [-0.15, -0.1) is 0 Å². The Hall–Kier alpha value is -1.23. The van der Waals surface area contributed by atoms with Crippen molar-refractivity contribution in [1.82, 2.24) is 5.32 Å². The van der Waals surface area contributed by atoms with Gasteiger partial charge in [-0.2, -0.15) is 13.2 Å². The summed E-state index contributed by atoms with van der Waals surface area (Å²) in [6, 6.07) is 4.86. The van der Waals surface area contributed by atoms with E-state index in [-0.39, 0.29) is 6.10 Å². The van der Waals surface area contributed by atoms with E-state index in [2.05, 4.69) is 12.2 Å². The van der Waals surface area contributed by atoms with Gasteiger partial charge in [-0.25, -0.2) is 0 Å². The van der Waals surface area contributed by atoms with Crippen LogP contribution in [0.25, 0.3) is 0 Å². The summed E-state index contributed by atoms with van der Waals surface area (Å²) in [4.78, 5) is 0. The summed E-state index contributed by atoms with van der Waals surface area (Å²) in [5.41, 5.74) is -0.651. The van der Waals surface area contributed by atoms with Crippen LogP contribution in [0.2, 0.25) is 0 Å². The minimum absolute atomic E-state index is 0.0363. The van der Waals surface area contributed by atoms with Crippen LogP contribution in [0.1, 0.15) is 31.7 Å². The first-order valence-corrected chi connectivity index (χ1v) is 6.46. The van der Waals surface area contributed by atoms with Gasteiger partial charge in [0.05, 0.1) is 11.7 Å². The zero-order valence-electron chi connectivity index (χ0n) is 11.3. The molecule has 19 heavy (non-hydrogen) atoms. The lowest BCUT2D eigenvalue weighted by Crippen LogP contribution is -2.22. The van der Waals surface area contributed by atoms with Crippen LogP contribution in [0.3, 0.4) is 0 Å². The average Bonchev–Trinajstić information content (AvgIpc) is 2.36. The van der Waals surface area contributed by atoms with Crippen LogP contribution in [-0.2, 0) is 6.18 Å². The first kappa shape index (κ1) is 15.8. The van der Waals surface area contributed by atoms with Crippen molar-refractivity contribution >= 4 is 0 Å². The number of halogens is 3. The van der Waals surface area contributed by atoms with Crippen LogP contribution in [0.15, 0.2) is 24.3 Å². The molecule has 0 saturated carbocycles. The van der Waals surface area contributed by atoms with Crippen molar-refractivity contribution < 1.29 is 17.9 Å². The number of nitrogens with one attached hydrogen (secondary N) is 1. The molecule has 1 rings (SSSR count). The van der Waals surface area contributed by atoms with E-state index in [1.807, 2.05) is 7.05 Å². The SMILES string of the molecule is CCC[C@@H](CCNC)Oc1ccc(C(F)(F)F)cc1. The van der Waals surface area contributed by atoms with E-state index in [9.17, 15) is 13.2 Å². The minimum Gasteiger partial charge on any atom is -0.490 e. The number of hydrogen-bond acceptors (Lipinski definition) is 2.